The smallest absolute Gasteiger partial charge is 0.339 e. The number of ether oxygens (including phenoxy) is 10. The first-order valence-electron chi connectivity index (χ1n) is 29.7. The summed E-state index contributed by atoms with van der Waals surface area (Å²) in [5, 5.41) is 48.0. The maximum absolute atomic E-state index is 14.7. The van der Waals surface area contributed by atoms with E-state index in [1.165, 1.54) is 21.1 Å². The predicted molar refractivity (Wildman–Crippen MR) is 306 cm³/mol. The fourth-order valence-corrected chi connectivity index (χ4v) is 12.8. The number of allylic oxidation sites excluding steroid dienone is 2. The average Bonchev–Trinajstić information content (AvgIpc) is 2.82. The Bertz CT molecular complexity index is 2430. The van der Waals surface area contributed by atoms with Crippen molar-refractivity contribution in [1.82, 2.24) is 9.80 Å². The van der Waals surface area contributed by atoms with E-state index in [9.17, 15) is 44.4 Å². The Hall–Kier alpha value is -4.13. The van der Waals surface area contributed by atoms with E-state index < -0.39 is 120 Å². The Kier molecular flexibility index (Phi) is 24.8. The molecule has 1 aromatic rings. The molecule has 21 nitrogen and oxygen atoms in total. The SMILES string of the molecule is CCOC(=O)CC/C(C)=C/Cc1c(CC(=O)CCC(=O)O[C@@H]2C(N(C)C)C[C@@H](C)O[C@H]2O[C@@H]2[C@@H](C)[C@H](O[C@H]3C[C@@](C)(OC)[C@@H](O)[C@H](C)O3)[C@@H](C)C(=O)O[C@H](CC)[C@@](C)(O)[C@H](O)[C@@H](C)N(C)C[C@H](C)C[C@@]2(C)O)c2c(c(C)c1OC)COC2=O. The van der Waals surface area contributed by atoms with Crippen LogP contribution in [0.25, 0.3) is 0 Å². The summed E-state index contributed by atoms with van der Waals surface area (Å²) < 4.78 is 61.7. The van der Waals surface area contributed by atoms with Crippen LogP contribution in [-0.2, 0) is 81.3 Å². The van der Waals surface area contributed by atoms with Gasteiger partial charge in [-0.05, 0) is 140 Å². The minimum atomic E-state index is -1.89. The summed E-state index contributed by atoms with van der Waals surface area (Å²) in [6.45, 7) is 23.3. The van der Waals surface area contributed by atoms with Gasteiger partial charge < -0.3 is 77.6 Å². The molecule has 4 N–H and O–H groups in total. The molecule has 0 radical (unpaired) electrons. The van der Waals surface area contributed by atoms with Gasteiger partial charge >= 0.3 is 23.9 Å². The second kappa shape index (κ2) is 29.5. The van der Waals surface area contributed by atoms with E-state index in [1.54, 1.807) is 62.4 Å². The molecule has 3 fully saturated rings. The Balaban J connectivity index is 1.51. The standard InChI is InChI=1S/C62H100N2O19/c1-19-46-62(13,73)54(68)39(9)64(16)31-34(4)29-60(11,72)56(37(7)51(38(8)57(70)80-46)82-49-30-61(12,75-18)55(69)40(10)79-49)83-59-53(45(63(14)15)27-35(5)78-59)81-48(67)26-23-41(65)28-43-42(24-21-33(3)22-25-47(66)76-20-2)52(74-17)36(6)44-32-77-58(71)50(43)44/h21,34-35,37-40,45-46,49,51,53-56,59,68-69,72-73H,19-20,22-32H2,1-18H3/b33-21+/t34-,35-,37+,38-,39-,40+,45?,46-,49+,51+,53-,54-,55+,56-,59+,60-,61-,62-/m1/s1. The summed E-state index contributed by atoms with van der Waals surface area (Å²) in [5.41, 5.74) is -1.16. The van der Waals surface area contributed by atoms with Gasteiger partial charge in [-0.15, -0.1) is 0 Å². The van der Waals surface area contributed by atoms with Gasteiger partial charge in [0.2, 0.25) is 0 Å². The van der Waals surface area contributed by atoms with E-state index in [-0.39, 0.29) is 82.3 Å². The zero-order valence-electron chi connectivity index (χ0n) is 52.7. The third-order valence-corrected chi connectivity index (χ3v) is 17.9. The predicted octanol–water partition coefficient (Wildman–Crippen LogP) is 5.86. The summed E-state index contributed by atoms with van der Waals surface area (Å²) in [4.78, 5) is 72.5. The molecule has 83 heavy (non-hydrogen) atoms. The van der Waals surface area contributed by atoms with Crippen molar-refractivity contribution in [2.75, 3.05) is 48.5 Å². The van der Waals surface area contributed by atoms with Crippen molar-refractivity contribution in [1.29, 1.82) is 0 Å². The summed E-state index contributed by atoms with van der Waals surface area (Å²) in [6.07, 6.45) is -7.95. The van der Waals surface area contributed by atoms with Crippen molar-refractivity contribution in [3.8, 4) is 5.75 Å². The number of rotatable bonds is 20. The average molecular weight is 1180 g/mol. The number of hydrogen-bond acceptors (Lipinski definition) is 21. The Morgan fingerprint density at radius 1 is 0.867 bits per heavy atom. The lowest BCUT2D eigenvalue weighted by Gasteiger charge is -2.49. The van der Waals surface area contributed by atoms with Crippen LogP contribution in [0.4, 0.5) is 0 Å². The van der Waals surface area contributed by atoms with Crippen molar-refractivity contribution in [2.24, 2.45) is 17.8 Å². The molecule has 4 heterocycles. The van der Waals surface area contributed by atoms with Crippen molar-refractivity contribution >= 4 is 29.7 Å². The molecule has 0 aromatic heterocycles. The lowest BCUT2D eigenvalue weighted by molar-refractivity contribution is -0.319. The molecular formula is C62H100N2O19. The van der Waals surface area contributed by atoms with Gasteiger partial charge in [0.1, 0.15) is 42.1 Å². The number of cyclic esters (lactones) is 2. The quantitative estimate of drug-likeness (QED) is 0.0676. The summed E-state index contributed by atoms with van der Waals surface area (Å²) >= 11 is 0. The topological polar surface area (TPSA) is 265 Å². The zero-order chi connectivity index (χ0) is 62.2. The van der Waals surface area contributed by atoms with Gasteiger partial charge in [-0.1, -0.05) is 32.4 Å². The van der Waals surface area contributed by atoms with Crippen molar-refractivity contribution < 1.29 is 91.8 Å². The van der Waals surface area contributed by atoms with Gasteiger partial charge in [0.05, 0.1) is 73.3 Å². The first-order valence-corrected chi connectivity index (χ1v) is 29.7. The van der Waals surface area contributed by atoms with Crippen LogP contribution in [0.5, 0.6) is 5.75 Å². The van der Waals surface area contributed by atoms with Crippen LogP contribution in [0.1, 0.15) is 167 Å². The highest BCUT2D eigenvalue weighted by Crippen LogP contribution is 2.42. The van der Waals surface area contributed by atoms with Crippen LogP contribution < -0.4 is 4.74 Å². The number of aliphatic hydroxyl groups excluding tert-OH is 2. The second-order valence-electron chi connectivity index (χ2n) is 24.9. The van der Waals surface area contributed by atoms with Crippen LogP contribution in [0, 0.1) is 24.7 Å². The molecule has 1 unspecified atom stereocenters. The Labute approximate surface area is 492 Å². The molecule has 0 amide bonds. The number of nitrogens with zero attached hydrogens (tertiary/aromatic N) is 2. The number of carbonyl (C=O) groups excluding carboxylic acids is 5. The number of aliphatic hydroxyl groups is 4. The molecule has 21 heteroatoms. The maximum Gasteiger partial charge on any atom is 0.339 e. The summed E-state index contributed by atoms with van der Waals surface area (Å²) in [7, 11) is 8.49. The number of methoxy groups -OCH3 is 2. The normalized spacial score (nSPS) is 36.1. The fourth-order valence-electron chi connectivity index (χ4n) is 12.8. The molecule has 4 aliphatic rings. The third-order valence-electron chi connectivity index (χ3n) is 17.9. The number of Topliss-reactive ketones (excluding diaryl/α,β-unsaturated/α-hetero) is 1. The minimum Gasteiger partial charge on any atom is -0.496 e. The zero-order valence-corrected chi connectivity index (χ0v) is 52.7. The van der Waals surface area contributed by atoms with E-state index in [2.05, 4.69) is 0 Å². The molecule has 4 aliphatic heterocycles. The van der Waals surface area contributed by atoms with E-state index in [0.29, 0.717) is 53.0 Å². The molecule has 3 saturated heterocycles. The maximum atomic E-state index is 14.7. The highest BCUT2D eigenvalue weighted by atomic mass is 16.7. The molecule has 0 saturated carbocycles. The van der Waals surface area contributed by atoms with Gasteiger partial charge in [0.25, 0.3) is 0 Å². The molecule has 0 aliphatic carbocycles. The number of hydrogen-bond donors (Lipinski definition) is 4. The van der Waals surface area contributed by atoms with Gasteiger partial charge in [-0.3, -0.25) is 19.2 Å². The van der Waals surface area contributed by atoms with Crippen molar-refractivity contribution in [2.45, 2.75) is 251 Å². The van der Waals surface area contributed by atoms with Crippen molar-refractivity contribution in [3.63, 3.8) is 0 Å². The number of carbonyl (C=O) groups is 5. The number of esters is 4. The van der Waals surface area contributed by atoms with Gasteiger partial charge in [0.15, 0.2) is 18.7 Å². The van der Waals surface area contributed by atoms with Crippen LogP contribution in [0.15, 0.2) is 11.6 Å². The lowest BCUT2D eigenvalue weighted by atomic mass is 9.77. The molecular weight excluding hydrogens is 1080 g/mol. The molecule has 0 spiro atoms. The largest absolute Gasteiger partial charge is 0.496 e. The molecule has 0 bridgehead atoms. The Morgan fingerprint density at radius 2 is 1.53 bits per heavy atom. The van der Waals surface area contributed by atoms with Gasteiger partial charge in [-0.25, -0.2) is 4.79 Å². The van der Waals surface area contributed by atoms with Crippen LogP contribution in [-0.4, -0.2) is 199 Å². The number of benzene rings is 1. The Morgan fingerprint density at radius 3 is 2.14 bits per heavy atom. The highest BCUT2D eigenvalue weighted by Gasteiger charge is 2.53. The van der Waals surface area contributed by atoms with Crippen LogP contribution >= 0.6 is 0 Å². The number of fused-ring (bicyclic) bond motifs is 1. The third kappa shape index (κ3) is 16.7. The van der Waals surface area contributed by atoms with E-state index in [0.717, 1.165) is 5.57 Å². The van der Waals surface area contributed by atoms with Crippen LogP contribution in [0.2, 0.25) is 0 Å². The van der Waals surface area contributed by atoms with Gasteiger partial charge in [0, 0.05) is 62.4 Å². The number of likely N-dealkylation sites (N-methyl/N-ethyl adjacent to an activating group) is 2. The first-order chi connectivity index (χ1) is 38.8. The number of ketones is 1. The summed E-state index contributed by atoms with van der Waals surface area (Å²) in [6, 6.07) is -1.13. The molecule has 5 rings (SSSR count). The fraction of sp³-hybridized carbons (Fsp3) is 0.790. The monoisotopic (exact) mass is 1180 g/mol. The van der Waals surface area contributed by atoms with Gasteiger partial charge in [-0.2, -0.15) is 0 Å². The second-order valence-corrected chi connectivity index (χ2v) is 24.9. The molecule has 472 valence electrons. The lowest BCUT2D eigenvalue weighted by Crippen LogP contribution is -2.61. The van der Waals surface area contributed by atoms with Crippen LogP contribution in [0.3, 0.4) is 0 Å². The minimum absolute atomic E-state index is 0.0164. The van der Waals surface area contributed by atoms with E-state index >= 15 is 0 Å². The molecule has 18 atom stereocenters. The van der Waals surface area contributed by atoms with E-state index in [1.807, 2.05) is 57.7 Å². The highest BCUT2D eigenvalue weighted by molar-refractivity contribution is 5.98. The van der Waals surface area contributed by atoms with Crippen molar-refractivity contribution in [3.05, 3.63) is 39.5 Å². The first kappa shape index (κ1) is 69.6. The summed E-state index contributed by atoms with van der Waals surface area (Å²) in [5.74, 6) is -4.55. The molecule has 1 aromatic carbocycles. The van der Waals surface area contributed by atoms with E-state index in [4.69, 9.17) is 47.4 Å².